The van der Waals surface area contributed by atoms with Crippen molar-refractivity contribution in [1.82, 2.24) is 0 Å². The van der Waals surface area contributed by atoms with Gasteiger partial charge in [-0.05, 0) is 23.9 Å². The number of amides is 1. The van der Waals surface area contributed by atoms with Crippen molar-refractivity contribution >= 4 is 23.0 Å². The summed E-state index contributed by atoms with van der Waals surface area (Å²) >= 11 is 1.41. The van der Waals surface area contributed by atoms with E-state index >= 15 is 0 Å². The first-order chi connectivity index (χ1) is 6.16. The highest BCUT2D eigenvalue weighted by Gasteiger charge is 2.14. The summed E-state index contributed by atoms with van der Waals surface area (Å²) in [5.74, 6) is -0.576. The molecule has 0 aromatic carbocycles. The Morgan fingerprint density at radius 2 is 2.38 bits per heavy atom. The molecule has 2 N–H and O–H groups in total. The van der Waals surface area contributed by atoms with Gasteiger partial charge in [0.1, 0.15) is 7.11 Å². The van der Waals surface area contributed by atoms with Crippen LogP contribution in [0.3, 0.4) is 0 Å². The lowest BCUT2D eigenvalue weighted by molar-refractivity contribution is -0.112. The summed E-state index contributed by atoms with van der Waals surface area (Å²) in [6.45, 7) is 1.89. The van der Waals surface area contributed by atoms with Crippen molar-refractivity contribution in [2.75, 3.05) is 7.11 Å². The Morgan fingerprint density at radius 1 is 1.69 bits per heavy atom. The molecular weight excluding hydrogens is 188 g/mol. The van der Waals surface area contributed by atoms with Crippen molar-refractivity contribution in [3.8, 4) is 0 Å². The molecule has 1 heterocycles. The van der Waals surface area contributed by atoms with Gasteiger partial charge in [-0.1, -0.05) is 5.16 Å². The van der Waals surface area contributed by atoms with Crippen LogP contribution >= 0.6 is 11.3 Å². The SMILES string of the molecule is CON=C(C(N)=O)c1sccc1C. The van der Waals surface area contributed by atoms with Crippen LogP contribution in [-0.4, -0.2) is 18.7 Å². The van der Waals surface area contributed by atoms with Gasteiger partial charge in [-0.2, -0.15) is 0 Å². The summed E-state index contributed by atoms with van der Waals surface area (Å²) in [6, 6.07) is 1.90. The molecule has 0 aliphatic rings. The van der Waals surface area contributed by atoms with Gasteiger partial charge in [-0.15, -0.1) is 11.3 Å². The van der Waals surface area contributed by atoms with Crippen LogP contribution in [0.2, 0.25) is 0 Å². The van der Waals surface area contributed by atoms with Gasteiger partial charge < -0.3 is 10.6 Å². The molecule has 0 saturated carbocycles. The molecule has 0 fully saturated rings. The lowest BCUT2D eigenvalue weighted by Crippen LogP contribution is -2.24. The molecule has 1 aromatic rings. The summed E-state index contributed by atoms with van der Waals surface area (Å²) < 4.78 is 0. The number of thiophene rings is 1. The number of nitrogens with two attached hydrogens (primary N) is 1. The third kappa shape index (κ3) is 2.06. The van der Waals surface area contributed by atoms with Gasteiger partial charge in [0.25, 0.3) is 5.91 Å². The minimum absolute atomic E-state index is 0.176. The Kier molecular flexibility index (Phi) is 3.02. The number of carbonyl (C=O) groups excluding carboxylic acids is 1. The zero-order chi connectivity index (χ0) is 9.84. The van der Waals surface area contributed by atoms with Crippen molar-refractivity contribution in [1.29, 1.82) is 0 Å². The number of oxime groups is 1. The second kappa shape index (κ2) is 4.04. The average Bonchev–Trinajstić information content (AvgIpc) is 2.47. The number of nitrogens with zero attached hydrogens (tertiary/aromatic N) is 1. The maximum atomic E-state index is 11.0. The zero-order valence-corrected chi connectivity index (χ0v) is 8.22. The third-order valence-electron chi connectivity index (χ3n) is 1.49. The average molecular weight is 198 g/mol. The Morgan fingerprint density at radius 3 is 2.77 bits per heavy atom. The van der Waals surface area contributed by atoms with Crippen molar-refractivity contribution < 1.29 is 9.63 Å². The summed E-state index contributed by atoms with van der Waals surface area (Å²) in [4.78, 5) is 16.3. The first kappa shape index (κ1) is 9.73. The van der Waals surface area contributed by atoms with Gasteiger partial charge in [0.15, 0.2) is 5.71 Å². The number of rotatable bonds is 3. The summed E-state index contributed by atoms with van der Waals surface area (Å²) in [6.07, 6.45) is 0. The Bertz CT molecular complexity index is 344. The predicted molar refractivity (Wildman–Crippen MR) is 51.8 cm³/mol. The normalized spacial score (nSPS) is 11.4. The Labute approximate surface area is 80.0 Å². The standard InChI is InChI=1S/C8H10N2O2S/c1-5-3-4-13-7(5)6(8(9)11)10-12-2/h3-4H,1-2H3,(H2,9,11). The number of carbonyl (C=O) groups is 1. The Balaban J connectivity index is 3.10. The van der Waals surface area contributed by atoms with E-state index in [1.54, 1.807) is 0 Å². The van der Waals surface area contributed by atoms with Crippen LogP contribution in [0.25, 0.3) is 0 Å². The van der Waals surface area contributed by atoms with Crippen LogP contribution in [0.1, 0.15) is 10.4 Å². The minimum atomic E-state index is -0.576. The summed E-state index contributed by atoms with van der Waals surface area (Å²) in [5.41, 5.74) is 6.29. The minimum Gasteiger partial charge on any atom is -0.398 e. The highest BCUT2D eigenvalue weighted by Crippen LogP contribution is 2.16. The van der Waals surface area contributed by atoms with E-state index in [0.29, 0.717) is 0 Å². The second-order valence-electron chi connectivity index (χ2n) is 2.42. The van der Waals surface area contributed by atoms with Crippen molar-refractivity contribution in [3.63, 3.8) is 0 Å². The highest BCUT2D eigenvalue weighted by molar-refractivity contribution is 7.13. The largest absolute Gasteiger partial charge is 0.398 e. The fourth-order valence-electron chi connectivity index (χ4n) is 0.905. The number of primary amides is 1. The summed E-state index contributed by atoms with van der Waals surface area (Å²) in [7, 11) is 1.38. The van der Waals surface area contributed by atoms with Crippen molar-refractivity contribution in [2.45, 2.75) is 6.92 Å². The molecule has 5 heteroatoms. The number of hydrogen-bond donors (Lipinski definition) is 1. The molecule has 0 aliphatic heterocycles. The van der Waals surface area contributed by atoms with Gasteiger partial charge >= 0.3 is 0 Å². The number of aryl methyl sites for hydroxylation is 1. The fraction of sp³-hybridized carbons (Fsp3) is 0.250. The molecule has 70 valence electrons. The van der Waals surface area contributed by atoms with Gasteiger partial charge in [0.05, 0.1) is 4.88 Å². The molecule has 0 aliphatic carbocycles. The monoisotopic (exact) mass is 198 g/mol. The summed E-state index contributed by atoms with van der Waals surface area (Å²) in [5, 5.41) is 5.45. The van der Waals surface area contributed by atoms with Crippen molar-refractivity contribution in [2.24, 2.45) is 10.9 Å². The Hall–Kier alpha value is -1.36. The van der Waals surface area contributed by atoms with Gasteiger partial charge in [-0.25, -0.2) is 0 Å². The molecule has 1 aromatic heterocycles. The maximum absolute atomic E-state index is 11.0. The van der Waals surface area contributed by atoms with E-state index in [9.17, 15) is 4.79 Å². The van der Waals surface area contributed by atoms with Crippen LogP contribution in [0.5, 0.6) is 0 Å². The predicted octanol–water partition coefficient (Wildman–Crippen LogP) is 0.892. The zero-order valence-electron chi connectivity index (χ0n) is 7.40. The molecule has 1 rings (SSSR count). The van der Waals surface area contributed by atoms with Crippen LogP contribution in [0.15, 0.2) is 16.6 Å². The lowest BCUT2D eigenvalue weighted by atomic mass is 10.2. The quantitative estimate of drug-likeness (QED) is 0.579. The smallest absolute Gasteiger partial charge is 0.272 e. The number of hydrogen-bond acceptors (Lipinski definition) is 4. The van der Waals surface area contributed by atoms with Crippen LogP contribution in [0, 0.1) is 6.92 Å². The molecule has 0 spiro atoms. The molecule has 0 atom stereocenters. The van der Waals surface area contributed by atoms with Gasteiger partial charge in [-0.3, -0.25) is 4.79 Å². The van der Waals surface area contributed by atoms with E-state index in [4.69, 9.17) is 5.73 Å². The van der Waals surface area contributed by atoms with Crippen LogP contribution < -0.4 is 5.73 Å². The third-order valence-corrected chi connectivity index (χ3v) is 2.52. The van der Waals surface area contributed by atoms with E-state index < -0.39 is 5.91 Å². The molecule has 0 unspecified atom stereocenters. The highest BCUT2D eigenvalue weighted by atomic mass is 32.1. The first-order valence-electron chi connectivity index (χ1n) is 3.62. The van der Waals surface area contributed by atoms with E-state index in [1.807, 2.05) is 18.4 Å². The molecule has 4 nitrogen and oxygen atoms in total. The molecule has 1 amide bonds. The van der Waals surface area contributed by atoms with E-state index in [2.05, 4.69) is 9.99 Å². The lowest BCUT2D eigenvalue weighted by Gasteiger charge is -1.98. The van der Waals surface area contributed by atoms with E-state index in [0.717, 1.165) is 10.4 Å². The molecular formula is C8H10N2O2S. The molecule has 13 heavy (non-hydrogen) atoms. The van der Waals surface area contributed by atoms with E-state index in [1.165, 1.54) is 18.4 Å². The first-order valence-corrected chi connectivity index (χ1v) is 4.50. The molecule has 0 radical (unpaired) electrons. The van der Waals surface area contributed by atoms with Crippen molar-refractivity contribution in [3.05, 3.63) is 21.9 Å². The van der Waals surface area contributed by atoms with Gasteiger partial charge in [0.2, 0.25) is 0 Å². The van der Waals surface area contributed by atoms with E-state index in [-0.39, 0.29) is 5.71 Å². The second-order valence-corrected chi connectivity index (χ2v) is 3.34. The maximum Gasteiger partial charge on any atom is 0.272 e. The fourth-order valence-corrected chi connectivity index (χ4v) is 1.82. The topological polar surface area (TPSA) is 64.7 Å². The van der Waals surface area contributed by atoms with Crippen LogP contribution in [0.4, 0.5) is 0 Å². The van der Waals surface area contributed by atoms with Crippen LogP contribution in [-0.2, 0) is 9.63 Å². The molecule has 0 saturated heterocycles. The van der Waals surface area contributed by atoms with Gasteiger partial charge in [0, 0.05) is 0 Å². The molecule has 0 bridgehead atoms.